The Morgan fingerprint density at radius 1 is 1.08 bits per heavy atom. The van der Waals surface area contributed by atoms with Crippen molar-refractivity contribution in [3.8, 4) is 5.75 Å². The van der Waals surface area contributed by atoms with Crippen LogP contribution < -0.4 is 15.7 Å². The normalized spacial score (nSPS) is 10.4. The van der Waals surface area contributed by atoms with Crippen LogP contribution in [0, 0.1) is 6.92 Å². The standard InChI is InChI=1S/C19H15NO5/c1-12-5-4-7-14(9-12)24-17(21)11-20-18(22)15-10-13-6-2-3-8-16(13)25-19(15)23/h2-10H,11H2,1H3,(H,20,22). The van der Waals surface area contributed by atoms with Crippen LogP contribution in [0.3, 0.4) is 0 Å². The van der Waals surface area contributed by atoms with Crippen molar-refractivity contribution in [2.45, 2.75) is 6.92 Å². The molecule has 6 nitrogen and oxygen atoms in total. The minimum atomic E-state index is -0.761. The number of amides is 1. The van der Waals surface area contributed by atoms with Gasteiger partial charge >= 0.3 is 11.6 Å². The Balaban J connectivity index is 1.67. The number of carbonyl (C=O) groups excluding carboxylic acids is 2. The average Bonchev–Trinajstić information content (AvgIpc) is 2.59. The number of hydrogen-bond acceptors (Lipinski definition) is 5. The second-order valence-electron chi connectivity index (χ2n) is 5.46. The van der Waals surface area contributed by atoms with Crippen LogP contribution in [0.15, 0.2) is 63.8 Å². The third-order valence-corrected chi connectivity index (χ3v) is 3.50. The molecule has 0 aliphatic carbocycles. The highest BCUT2D eigenvalue weighted by atomic mass is 16.5. The molecule has 1 aromatic heterocycles. The second kappa shape index (κ2) is 7.00. The molecule has 0 aliphatic heterocycles. The maximum Gasteiger partial charge on any atom is 0.349 e. The van der Waals surface area contributed by atoms with E-state index in [1.54, 1.807) is 42.5 Å². The maximum atomic E-state index is 12.1. The number of aryl methyl sites for hydroxylation is 1. The molecule has 1 heterocycles. The monoisotopic (exact) mass is 337 g/mol. The van der Waals surface area contributed by atoms with E-state index >= 15 is 0 Å². The molecule has 126 valence electrons. The van der Waals surface area contributed by atoms with Crippen molar-refractivity contribution in [3.05, 3.63) is 76.1 Å². The predicted molar refractivity (Wildman–Crippen MR) is 91.6 cm³/mol. The van der Waals surface area contributed by atoms with Gasteiger partial charge in [0, 0.05) is 5.39 Å². The summed E-state index contributed by atoms with van der Waals surface area (Å²) in [6, 6.07) is 15.3. The van der Waals surface area contributed by atoms with Gasteiger partial charge < -0.3 is 14.5 Å². The molecule has 0 atom stereocenters. The lowest BCUT2D eigenvalue weighted by molar-refractivity contribution is -0.133. The van der Waals surface area contributed by atoms with Crippen LogP contribution in [0.5, 0.6) is 5.75 Å². The fraction of sp³-hybridized carbons (Fsp3) is 0.105. The molecule has 0 radical (unpaired) electrons. The molecule has 0 saturated carbocycles. The van der Waals surface area contributed by atoms with Crippen LogP contribution in [0.1, 0.15) is 15.9 Å². The molecule has 6 heteroatoms. The maximum absolute atomic E-state index is 12.1. The number of rotatable bonds is 4. The fourth-order valence-corrected chi connectivity index (χ4v) is 2.31. The molecular weight excluding hydrogens is 322 g/mol. The quantitative estimate of drug-likeness (QED) is 0.449. The molecule has 1 N–H and O–H groups in total. The third-order valence-electron chi connectivity index (χ3n) is 3.50. The number of esters is 1. The Kier molecular flexibility index (Phi) is 4.61. The molecule has 3 rings (SSSR count). The first kappa shape index (κ1) is 16.4. The third kappa shape index (κ3) is 3.92. The van der Waals surface area contributed by atoms with E-state index in [-0.39, 0.29) is 12.1 Å². The van der Waals surface area contributed by atoms with Gasteiger partial charge in [-0.3, -0.25) is 4.79 Å². The first-order chi connectivity index (χ1) is 12.0. The topological polar surface area (TPSA) is 85.6 Å². The lowest BCUT2D eigenvalue weighted by atomic mass is 10.2. The lowest BCUT2D eigenvalue weighted by Gasteiger charge is -2.06. The van der Waals surface area contributed by atoms with Gasteiger partial charge in [0.25, 0.3) is 5.91 Å². The fourth-order valence-electron chi connectivity index (χ4n) is 2.31. The van der Waals surface area contributed by atoms with Crippen LogP contribution in [-0.4, -0.2) is 18.4 Å². The molecule has 0 saturated heterocycles. The number of benzene rings is 2. The van der Waals surface area contributed by atoms with E-state index in [0.29, 0.717) is 16.7 Å². The molecule has 0 spiro atoms. The van der Waals surface area contributed by atoms with E-state index in [9.17, 15) is 14.4 Å². The average molecular weight is 337 g/mol. The largest absolute Gasteiger partial charge is 0.425 e. The predicted octanol–water partition coefficient (Wildman–Crippen LogP) is 2.44. The highest BCUT2D eigenvalue weighted by Crippen LogP contribution is 2.13. The number of carbonyl (C=O) groups is 2. The highest BCUT2D eigenvalue weighted by Gasteiger charge is 2.15. The van der Waals surface area contributed by atoms with Gasteiger partial charge in [-0.25, -0.2) is 9.59 Å². The van der Waals surface area contributed by atoms with Gasteiger partial charge in [-0.2, -0.15) is 0 Å². The summed E-state index contributed by atoms with van der Waals surface area (Å²) in [6.45, 7) is 1.51. The zero-order valence-corrected chi connectivity index (χ0v) is 13.4. The Morgan fingerprint density at radius 2 is 1.88 bits per heavy atom. The van der Waals surface area contributed by atoms with Crippen molar-refractivity contribution in [1.82, 2.24) is 5.32 Å². The van der Waals surface area contributed by atoms with E-state index < -0.39 is 17.5 Å². The Bertz CT molecular complexity index is 1010. The van der Waals surface area contributed by atoms with E-state index in [1.165, 1.54) is 6.07 Å². The summed E-state index contributed by atoms with van der Waals surface area (Å²) in [5.74, 6) is -0.936. The molecule has 0 fully saturated rings. The minimum Gasteiger partial charge on any atom is -0.425 e. The van der Waals surface area contributed by atoms with Gasteiger partial charge in [0.15, 0.2) is 0 Å². The molecule has 2 aromatic carbocycles. The lowest BCUT2D eigenvalue weighted by Crippen LogP contribution is -2.34. The first-order valence-electron chi connectivity index (χ1n) is 7.61. The number of ether oxygens (including phenoxy) is 1. The van der Waals surface area contributed by atoms with Gasteiger partial charge in [0.1, 0.15) is 23.4 Å². The van der Waals surface area contributed by atoms with Gasteiger partial charge in [-0.05, 0) is 36.8 Å². The Labute approximate surface area is 143 Å². The van der Waals surface area contributed by atoms with Crippen molar-refractivity contribution in [2.75, 3.05) is 6.54 Å². The number of nitrogens with one attached hydrogen (secondary N) is 1. The van der Waals surface area contributed by atoms with E-state index in [2.05, 4.69) is 5.32 Å². The van der Waals surface area contributed by atoms with E-state index in [1.807, 2.05) is 13.0 Å². The highest BCUT2D eigenvalue weighted by molar-refractivity contribution is 5.98. The van der Waals surface area contributed by atoms with Crippen molar-refractivity contribution in [2.24, 2.45) is 0 Å². The van der Waals surface area contributed by atoms with Gasteiger partial charge in [-0.1, -0.05) is 30.3 Å². The molecule has 3 aromatic rings. The van der Waals surface area contributed by atoms with Crippen molar-refractivity contribution < 1.29 is 18.7 Å². The zero-order chi connectivity index (χ0) is 17.8. The zero-order valence-electron chi connectivity index (χ0n) is 13.4. The summed E-state index contributed by atoms with van der Waals surface area (Å²) in [6.07, 6.45) is 0. The smallest absolute Gasteiger partial charge is 0.349 e. The van der Waals surface area contributed by atoms with Crippen LogP contribution in [0.4, 0.5) is 0 Å². The molecule has 25 heavy (non-hydrogen) atoms. The number of para-hydroxylation sites is 1. The summed E-state index contributed by atoms with van der Waals surface area (Å²) < 4.78 is 10.2. The summed E-state index contributed by atoms with van der Waals surface area (Å²) in [5.41, 5.74) is 0.413. The molecule has 0 bridgehead atoms. The van der Waals surface area contributed by atoms with E-state index in [4.69, 9.17) is 9.15 Å². The van der Waals surface area contributed by atoms with Crippen LogP contribution in [0.25, 0.3) is 11.0 Å². The molecule has 1 amide bonds. The molecule has 0 aliphatic rings. The number of hydrogen-bond donors (Lipinski definition) is 1. The van der Waals surface area contributed by atoms with E-state index in [0.717, 1.165) is 5.56 Å². The minimum absolute atomic E-state index is 0.165. The van der Waals surface area contributed by atoms with Gasteiger partial charge in [0.2, 0.25) is 0 Å². The Morgan fingerprint density at radius 3 is 2.68 bits per heavy atom. The summed E-state index contributed by atoms with van der Waals surface area (Å²) >= 11 is 0. The Hall–Kier alpha value is -3.41. The molecular formula is C19H15NO5. The van der Waals surface area contributed by atoms with Gasteiger partial charge in [0.05, 0.1) is 0 Å². The second-order valence-corrected chi connectivity index (χ2v) is 5.46. The van der Waals surface area contributed by atoms with Crippen LogP contribution >= 0.6 is 0 Å². The molecule has 0 unspecified atom stereocenters. The van der Waals surface area contributed by atoms with Crippen molar-refractivity contribution in [3.63, 3.8) is 0 Å². The van der Waals surface area contributed by atoms with Gasteiger partial charge in [-0.15, -0.1) is 0 Å². The van der Waals surface area contributed by atoms with Crippen molar-refractivity contribution >= 4 is 22.8 Å². The summed E-state index contributed by atoms with van der Waals surface area (Å²) in [7, 11) is 0. The number of fused-ring (bicyclic) bond motifs is 1. The van der Waals surface area contributed by atoms with Crippen molar-refractivity contribution in [1.29, 1.82) is 0 Å². The first-order valence-corrected chi connectivity index (χ1v) is 7.61. The van der Waals surface area contributed by atoms with Crippen LogP contribution in [0.2, 0.25) is 0 Å². The SMILES string of the molecule is Cc1cccc(OC(=O)CNC(=O)c2cc3ccccc3oc2=O)c1. The summed E-state index contributed by atoms with van der Waals surface area (Å²) in [4.78, 5) is 35.9. The van der Waals surface area contributed by atoms with Crippen LogP contribution in [-0.2, 0) is 4.79 Å². The summed E-state index contributed by atoms with van der Waals surface area (Å²) in [5, 5.41) is 2.99.